The second-order valence-electron chi connectivity index (χ2n) is 15.1. The Labute approximate surface area is 342 Å². The van der Waals surface area contributed by atoms with Gasteiger partial charge in [-0.3, -0.25) is 14.4 Å². The molecule has 3 aliphatic heterocycles. The highest BCUT2D eigenvalue weighted by Crippen LogP contribution is 2.57. The fourth-order valence-electron chi connectivity index (χ4n) is 8.06. The van der Waals surface area contributed by atoms with Gasteiger partial charge in [-0.15, -0.1) is 0 Å². The molecule has 4 aliphatic rings. The Morgan fingerprint density at radius 2 is 1.68 bits per heavy atom. The summed E-state index contributed by atoms with van der Waals surface area (Å²) in [6, 6.07) is 11.4. The van der Waals surface area contributed by atoms with Crippen LogP contribution < -0.4 is 26.0 Å². The summed E-state index contributed by atoms with van der Waals surface area (Å²) in [6.45, 7) is 1.77. The van der Waals surface area contributed by atoms with Gasteiger partial charge in [-0.2, -0.15) is 0 Å². The van der Waals surface area contributed by atoms with E-state index >= 15 is 0 Å². The molecule has 3 atom stereocenters. The number of aromatic hydroxyl groups is 2. The number of benzene rings is 3. The number of phenols is 2. The van der Waals surface area contributed by atoms with Crippen LogP contribution in [-0.2, 0) is 24.7 Å². The Balaban J connectivity index is 0.867. The first kappa shape index (κ1) is 39.2. The number of carboxylic acids is 1. The summed E-state index contributed by atoms with van der Waals surface area (Å²) >= 11 is 5.50. The summed E-state index contributed by atoms with van der Waals surface area (Å²) in [6.07, 6.45) is 4.16. The molecule has 306 valence electrons. The summed E-state index contributed by atoms with van der Waals surface area (Å²) in [5.74, 6) is -2.25. The number of unbranched alkanes of at least 4 members (excludes halogenated alkanes) is 1. The molecular formula is C41H40N6O11S. The largest absolute Gasteiger partial charge is 0.508 e. The first-order chi connectivity index (χ1) is 28.3. The zero-order valence-electron chi connectivity index (χ0n) is 31.7. The van der Waals surface area contributed by atoms with Crippen molar-refractivity contribution in [3.63, 3.8) is 0 Å². The highest BCUT2D eigenvalue weighted by molar-refractivity contribution is 7.80. The number of ether oxygens (including phenoxy) is 2. The first-order valence-electron chi connectivity index (χ1n) is 19.2. The van der Waals surface area contributed by atoms with E-state index in [1.165, 1.54) is 42.3 Å². The molecule has 0 radical (unpaired) electrons. The van der Waals surface area contributed by atoms with E-state index in [-0.39, 0.29) is 70.4 Å². The van der Waals surface area contributed by atoms with Crippen LogP contribution in [0, 0.1) is 0 Å². The van der Waals surface area contributed by atoms with Gasteiger partial charge in [0.15, 0.2) is 16.5 Å². The van der Waals surface area contributed by atoms with Gasteiger partial charge in [-0.1, -0.05) is 11.2 Å². The molecular weight excluding hydrogens is 785 g/mol. The SMILES string of the molecule is CC(=O)N[C@@H]1C[C@@H](C(=O)N[C@@H](CCCCNC(=S)Nc2ccc3c(c2)C(=O)OC32c3ccc(O)cc3Oc3cc(O)ccc32)C(=O)O)N(C(=O)c2cnoc2C2CC2)C1. The van der Waals surface area contributed by atoms with E-state index in [1.807, 2.05) is 0 Å². The summed E-state index contributed by atoms with van der Waals surface area (Å²) in [7, 11) is 0. The molecule has 1 aliphatic carbocycles. The Bertz CT molecular complexity index is 2340. The van der Waals surface area contributed by atoms with Gasteiger partial charge < -0.3 is 55.5 Å². The van der Waals surface area contributed by atoms with E-state index in [1.54, 1.807) is 30.3 Å². The van der Waals surface area contributed by atoms with E-state index in [0.29, 0.717) is 47.5 Å². The minimum Gasteiger partial charge on any atom is -0.508 e. The third-order valence-corrected chi connectivity index (χ3v) is 11.1. The number of fused-ring (bicyclic) bond motifs is 6. The highest BCUT2D eigenvalue weighted by Gasteiger charge is 2.54. The number of nitrogens with one attached hydrogen (secondary N) is 4. The number of phenolic OH excluding ortho intramolecular Hbond substituents is 2. The fraction of sp³-hybridized carbons (Fsp3) is 0.341. The number of rotatable bonds is 12. The monoisotopic (exact) mass is 824 g/mol. The van der Waals surface area contributed by atoms with Crippen molar-refractivity contribution in [2.45, 2.75) is 75.1 Å². The number of likely N-dealkylation sites (tertiary alicyclic amines) is 1. The van der Waals surface area contributed by atoms with E-state index in [0.717, 1.165) is 12.8 Å². The topological polar surface area (TPSA) is 242 Å². The third kappa shape index (κ3) is 7.58. The number of anilines is 1. The molecule has 18 heteroatoms. The number of carbonyl (C=O) groups excluding carboxylic acids is 4. The Morgan fingerprint density at radius 3 is 2.34 bits per heavy atom. The number of hydrogen-bond donors (Lipinski definition) is 7. The minimum absolute atomic E-state index is 0.0489. The van der Waals surface area contributed by atoms with Crippen LogP contribution in [0.1, 0.15) is 94.5 Å². The smallest absolute Gasteiger partial charge is 0.340 e. The van der Waals surface area contributed by atoms with Crippen molar-refractivity contribution < 1.29 is 53.3 Å². The van der Waals surface area contributed by atoms with Gasteiger partial charge in [0.25, 0.3) is 5.91 Å². The van der Waals surface area contributed by atoms with Crippen LogP contribution in [0.15, 0.2) is 65.3 Å². The van der Waals surface area contributed by atoms with Crippen LogP contribution in [0.2, 0.25) is 0 Å². The molecule has 3 aromatic carbocycles. The zero-order chi connectivity index (χ0) is 41.6. The predicted octanol–water partition coefficient (Wildman–Crippen LogP) is 3.98. The molecule has 17 nitrogen and oxygen atoms in total. The molecule has 59 heavy (non-hydrogen) atoms. The number of nitrogens with zero attached hydrogens (tertiary/aromatic N) is 2. The molecule has 1 spiro atoms. The molecule has 1 saturated carbocycles. The molecule has 4 aromatic rings. The summed E-state index contributed by atoms with van der Waals surface area (Å²) in [4.78, 5) is 66.1. The maximum Gasteiger partial charge on any atom is 0.340 e. The van der Waals surface area contributed by atoms with E-state index < -0.39 is 47.5 Å². The number of carbonyl (C=O) groups is 5. The molecule has 0 unspecified atom stereocenters. The fourth-order valence-corrected chi connectivity index (χ4v) is 8.28. The van der Waals surface area contributed by atoms with Crippen LogP contribution in [0.4, 0.5) is 5.69 Å². The van der Waals surface area contributed by atoms with Gasteiger partial charge in [-0.25, -0.2) is 9.59 Å². The van der Waals surface area contributed by atoms with E-state index in [4.69, 9.17) is 26.2 Å². The predicted molar refractivity (Wildman–Crippen MR) is 211 cm³/mol. The maximum atomic E-state index is 13.6. The highest BCUT2D eigenvalue weighted by atomic mass is 32.1. The van der Waals surface area contributed by atoms with Crippen molar-refractivity contribution >= 4 is 52.7 Å². The van der Waals surface area contributed by atoms with Gasteiger partial charge >= 0.3 is 11.9 Å². The summed E-state index contributed by atoms with van der Waals surface area (Å²) in [5.41, 5.74) is 1.17. The number of aromatic nitrogens is 1. The van der Waals surface area contributed by atoms with Crippen molar-refractivity contribution in [1.29, 1.82) is 0 Å². The number of aliphatic carboxylic acids is 1. The molecule has 2 fully saturated rings. The standard InChI is InChI=1S/C41H40N6O11S/c1-20(48)44-23-15-32(47(19-23)37(52)27-18-43-58-35(27)21-5-6-21)36(51)46-31(38(53)54)4-2-3-13-42-40(59)45-22-7-10-28-26(14-22)39(55)57-41(28)29-11-8-24(49)16-33(29)56-34-17-25(50)9-12-30(34)41/h7-12,14,16-18,21,23,31-32,49-50H,2-6,13,15,19H2,1H3,(H,44,48)(H,46,51)(H,53,54)(H2,42,45,59)/t23-,31+,32+/m1/s1. The molecule has 0 bridgehead atoms. The van der Waals surface area contributed by atoms with E-state index in [9.17, 15) is 39.3 Å². The van der Waals surface area contributed by atoms with Crippen LogP contribution >= 0.6 is 12.2 Å². The molecule has 3 amide bonds. The van der Waals surface area contributed by atoms with Crippen LogP contribution in [0.5, 0.6) is 23.0 Å². The number of esters is 1. The van der Waals surface area contributed by atoms with Crippen molar-refractivity contribution in [3.8, 4) is 23.0 Å². The number of thiocarbonyl (C=S) groups is 1. The lowest BCUT2D eigenvalue weighted by Gasteiger charge is -2.36. The maximum absolute atomic E-state index is 13.6. The lowest BCUT2D eigenvalue weighted by molar-refractivity contribution is -0.142. The van der Waals surface area contributed by atoms with Gasteiger partial charge in [0, 0.05) is 66.5 Å². The normalized spacial score (nSPS) is 18.7. The van der Waals surface area contributed by atoms with Crippen LogP contribution in [-0.4, -0.2) is 91.4 Å². The Morgan fingerprint density at radius 1 is 0.983 bits per heavy atom. The van der Waals surface area contributed by atoms with Gasteiger partial charge in [0.2, 0.25) is 11.8 Å². The van der Waals surface area contributed by atoms with E-state index in [2.05, 4.69) is 26.4 Å². The second kappa shape index (κ2) is 15.6. The average Bonchev–Trinajstić information content (AvgIpc) is 3.63. The lowest BCUT2D eigenvalue weighted by atomic mass is 9.77. The Kier molecular flexibility index (Phi) is 10.3. The zero-order valence-corrected chi connectivity index (χ0v) is 32.5. The average molecular weight is 825 g/mol. The molecule has 1 aromatic heterocycles. The summed E-state index contributed by atoms with van der Waals surface area (Å²) in [5, 5.41) is 45.9. The van der Waals surface area contributed by atoms with Gasteiger partial charge in [0.1, 0.15) is 40.6 Å². The first-order valence-corrected chi connectivity index (χ1v) is 19.6. The summed E-state index contributed by atoms with van der Waals surface area (Å²) < 4.78 is 17.5. The molecule has 1 saturated heterocycles. The van der Waals surface area contributed by atoms with Crippen LogP contribution in [0.3, 0.4) is 0 Å². The molecule has 8 rings (SSSR count). The van der Waals surface area contributed by atoms with Crippen molar-refractivity contribution in [3.05, 3.63) is 94.4 Å². The number of carboxylic acid groups (broad SMARTS) is 1. The minimum atomic E-state index is -1.40. The number of hydrogen-bond acceptors (Lipinski definition) is 12. The van der Waals surface area contributed by atoms with Gasteiger partial charge in [-0.05, 0) is 87.1 Å². The third-order valence-electron chi connectivity index (χ3n) is 10.9. The van der Waals surface area contributed by atoms with Crippen molar-refractivity contribution in [2.75, 3.05) is 18.4 Å². The number of amides is 3. The van der Waals surface area contributed by atoms with Gasteiger partial charge in [0.05, 0.1) is 11.8 Å². The second-order valence-corrected chi connectivity index (χ2v) is 15.5. The molecule has 7 N–H and O–H groups in total. The molecule has 4 heterocycles. The quantitative estimate of drug-likeness (QED) is 0.0607. The lowest BCUT2D eigenvalue weighted by Crippen LogP contribution is -2.51. The van der Waals surface area contributed by atoms with Crippen molar-refractivity contribution in [2.24, 2.45) is 0 Å². The van der Waals surface area contributed by atoms with Crippen molar-refractivity contribution in [1.82, 2.24) is 26.0 Å². The van der Waals surface area contributed by atoms with Crippen LogP contribution in [0.25, 0.3) is 0 Å². The Hall–Kier alpha value is -6.69.